The second kappa shape index (κ2) is 5.41. The average molecular weight is 311 g/mol. The Kier molecular flexibility index (Phi) is 3.36. The minimum absolute atomic E-state index is 0.00541. The smallest absolute Gasteiger partial charge is 0.224 e. The molecule has 1 spiro atoms. The van der Waals surface area contributed by atoms with Crippen molar-refractivity contribution in [1.29, 1.82) is 0 Å². The third kappa shape index (κ3) is 2.40. The van der Waals surface area contributed by atoms with Crippen LogP contribution in [-0.4, -0.2) is 28.8 Å². The molecular formula is C18H21N3O2. The fourth-order valence-electron chi connectivity index (χ4n) is 3.79. The highest BCUT2D eigenvalue weighted by atomic mass is 16.5. The van der Waals surface area contributed by atoms with Crippen molar-refractivity contribution in [3.8, 4) is 5.75 Å². The van der Waals surface area contributed by atoms with Gasteiger partial charge in [-0.25, -0.2) is 0 Å². The summed E-state index contributed by atoms with van der Waals surface area (Å²) < 4.78 is 7.58. The van der Waals surface area contributed by atoms with Crippen molar-refractivity contribution in [3.63, 3.8) is 0 Å². The summed E-state index contributed by atoms with van der Waals surface area (Å²) in [4.78, 5) is 12.5. The number of carbonyl (C=O) groups excluding carboxylic acids is 1. The normalized spacial score (nSPS) is 24.8. The fourth-order valence-corrected chi connectivity index (χ4v) is 3.79. The van der Waals surface area contributed by atoms with Gasteiger partial charge in [0.15, 0.2) is 0 Å². The summed E-state index contributed by atoms with van der Waals surface area (Å²) in [5, 5.41) is 7.24. The number of aromatic nitrogens is 2. The number of rotatable bonds is 4. The van der Waals surface area contributed by atoms with Crippen LogP contribution in [-0.2, 0) is 23.7 Å². The molecule has 2 unspecified atom stereocenters. The van der Waals surface area contributed by atoms with E-state index < -0.39 is 0 Å². The van der Waals surface area contributed by atoms with E-state index in [2.05, 4.69) is 16.5 Å². The highest BCUT2D eigenvalue weighted by Crippen LogP contribution is 2.60. The number of aryl methyl sites for hydroxylation is 1. The average Bonchev–Trinajstić information content (AvgIpc) is 3.14. The predicted octanol–water partition coefficient (Wildman–Crippen LogP) is 1.82. The number of fused-ring (bicyclic) bond motifs is 2. The van der Waals surface area contributed by atoms with Crippen molar-refractivity contribution in [3.05, 3.63) is 47.8 Å². The molecule has 1 saturated carbocycles. The van der Waals surface area contributed by atoms with Gasteiger partial charge in [-0.05, 0) is 25.0 Å². The molecule has 1 aromatic carbocycles. The molecule has 23 heavy (non-hydrogen) atoms. The van der Waals surface area contributed by atoms with E-state index in [1.807, 2.05) is 36.0 Å². The first-order valence-electron chi connectivity index (χ1n) is 8.18. The van der Waals surface area contributed by atoms with Gasteiger partial charge in [-0.1, -0.05) is 18.2 Å². The van der Waals surface area contributed by atoms with Gasteiger partial charge in [0.25, 0.3) is 0 Å². The van der Waals surface area contributed by atoms with Crippen LogP contribution in [0.3, 0.4) is 0 Å². The zero-order valence-corrected chi connectivity index (χ0v) is 13.3. The number of hydrogen-bond acceptors (Lipinski definition) is 3. The second-order valence-electron chi connectivity index (χ2n) is 6.49. The Morgan fingerprint density at radius 2 is 2.30 bits per heavy atom. The van der Waals surface area contributed by atoms with E-state index in [1.54, 1.807) is 6.20 Å². The van der Waals surface area contributed by atoms with Gasteiger partial charge < -0.3 is 10.1 Å². The van der Waals surface area contributed by atoms with E-state index in [9.17, 15) is 4.79 Å². The Morgan fingerprint density at radius 3 is 3.13 bits per heavy atom. The zero-order valence-electron chi connectivity index (χ0n) is 13.3. The summed E-state index contributed by atoms with van der Waals surface area (Å²) in [6.45, 7) is 1.36. The van der Waals surface area contributed by atoms with E-state index in [0.29, 0.717) is 13.2 Å². The van der Waals surface area contributed by atoms with E-state index in [4.69, 9.17) is 4.74 Å². The van der Waals surface area contributed by atoms with Gasteiger partial charge in [0.1, 0.15) is 5.75 Å². The van der Waals surface area contributed by atoms with Gasteiger partial charge in [-0.2, -0.15) is 5.10 Å². The molecule has 1 N–H and O–H groups in total. The number of hydrogen-bond donors (Lipinski definition) is 1. The molecule has 0 radical (unpaired) electrons. The van der Waals surface area contributed by atoms with Gasteiger partial charge >= 0.3 is 0 Å². The lowest BCUT2D eigenvalue weighted by Gasteiger charge is -2.26. The van der Waals surface area contributed by atoms with E-state index >= 15 is 0 Å². The predicted molar refractivity (Wildman–Crippen MR) is 86.3 cm³/mol. The Bertz CT molecular complexity index is 739. The molecular weight excluding hydrogens is 290 g/mol. The molecule has 1 aromatic heterocycles. The first-order valence-corrected chi connectivity index (χ1v) is 8.18. The first-order chi connectivity index (χ1) is 11.2. The standard InChI is InChI=1S/C18H21N3O2/c1-21-13(7-10-20-21)6-9-19-17(22)15-12-18(15)8-11-23-16-5-3-2-4-14(16)18/h2-5,7,10,15H,6,8-9,11-12H2,1H3,(H,19,22). The molecule has 1 fully saturated rings. The Hall–Kier alpha value is -2.30. The quantitative estimate of drug-likeness (QED) is 0.937. The fraction of sp³-hybridized carbons (Fsp3) is 0.444. The number of nitrogens with zero attached hydrogens (tertiary/aromatic N) is 2. The third-order valence-electron chi connectivity index (χ3n) is 5.22. The number of ether oxygens (including phenoxy) is 1. The van der Waals surface area contributed by atoms with Crippen LogP contribution in [0.5, 0.6) is 5.75 Å². The van der Waals surface area contributed by atoms with E-state index in [0.717, 1.165) is 30.7 Å². The van der Waals surface area contributed by atoms with Crippen molar-refractivity contribution in [2.24, 2.45) is 13.0 Å². The zero-order chi connectivity index (χ0) is 15.9. The molecule has 2 heterocycles. The molecule has 120 valence electrons. The summed E-state index contributed by atoms with van der Waals surface area (Å²) >= 11 is 0. The number of amides is 1. The number of para-hydroxylation sites is 1. The topological polar surface area (TPSA) is 56.2 Å². The van der Waals surface area contributed by atoms with E-state index in [1.165, 1.54) is 5.56 Å². The lowest BCUT2D eigenvalue weighted by Crippen LogP contribution is -2.32. The summed E-state index contributed by atoms with van der Waals surface area (Å²) in [6, 6.07) is 10.1. The number of benzene rings is 1. The van der Waals surface area contributed by atoms with Crippen LogP contribution >= 0.6 is 0 Å². The summed E-state index contributed by atoms with van der Waals surface area (Å²) in [7, 11) is 1.92. The molecule has 1 aliphatic heterocycles. The van der Waals surface area contributed by atoms with Crippen LogP contribution in [0, 0.1) is 5.92 Å². The minimum Gasteiger partial charge on any atom is -0.493 e. The maximum atomic E-state index is 12.5. The van der Waals surface area contributed by atoms with Crippen LogP contribution in [0.1, 0.15) is 24.1 Å². The number of nitrogens with one attached hydrogen (secondary N) is 1. The SMILES string of the molecule is Cn1nccc1CCNC(=O)C1CC12CCOc1ccccc12. The largest absolute Gasteiger partial charge is 0.493 e. The van der Waals surface area contributed by atoms with E-state index in [-0.39, 0.29) is 17.2 Å². The van der Waals surface area contributed by atoms with Crippen LogP contribution in [0.4, 0.5) is 0 Å². The first kappa shape index (κ1) is 14.3. The van der Waals surface area contributed by atoms with Crippen LogP contribution in [0.2, 0.25) is 0 Å². The van der Waals surface area contributed by atoms with Crippen LogP contribution in [0.15, 0.2) is 36.5 Å². The molecule has 0 saturated heterocycles. The molecule has 4 rings (SSSR count). The third-order valence-corrected chi connectivity index (χ3v) is 5.22. The lowest BCUT2D eigenvalue weighted by molar-refractivity contribution is -0.122. The van der Waals surface area contributed by atoms with Crippen molar-refractivity contribution < 1.29 is 9.53 Å². The Balaban J connectivity index is 1.39. The molecule has 1 aliphatic carbocycles. The lowest BCUT2D eigenvalue weighted by atomic mass is 9.87. The summed E-state index contributed by atoms with van der Waals surface area (Å²) in [5.74, 6) is 1.20. The maximum absolute atomic E-state index is 12.5. The van der Waals surface area contributed by atoms with Crippen molar-refractivity contribution in [2.45, 2.75) is 24.7 Å². The monoisotopic (exact) mass is 311 g/mol. The van der Waals surface area contributed by atoms with Gasteiger partial charge in [-0.3, -0.25) is 9.48 Å². The van der Waals surface area contributed by atoms with Crippen molar-refractivity contribution in [2.75, 3.05) is 13.2 Å². The molecule has 5 heteroatoms. The summed E-state index contributed by atoms with van der Waals surface area (Å²) in [5.41, 5.74) is 2.34. The van der Waals surface area contributed by atoms with Crippen LogP contribution < -0.4 is 10.1 Å². The highest BCUT2D eigenvalue weighted by molar-refractivity contribution is 5.84. The second-order valence-corrected chi connectivity index (χ2v) is 6.49. The van der Waals surface area contributed by atoms with Crippen LogP contribution in [0.25, 0.3) is 0 Å². The molecule has 0 bridgehead atoms. The Morgan fingerprint density at radius 1 is 1.43 bits per heavy atom. The minimum atomic E-state index is 0.00541. The molecule has 2 atom stereocenters. The molecule has 5 nitrogen and oxygen atoms in total. The summed E-state index contributed by atoms with van der Waals surface area (Å²) in [6.07, 6.45) is 4.46. The van der Waals surface area contributed by atoms with Gasteiger partial charge in [0.05, 0.1) is 6.61 Å². The Labute approximate surface area is 135 Å². The highest BCUT2D eigenvalue weighted by Gasteiger charge is 2.60. The van der Waals surface area contributed by atoms with Crippen molar-refractivity contribution in [1.82, 2.24) is 15.1 Å². The molecule has 2 aliphatic rings. The molecule has 2 aromatic rings. The van der Waals surface area contributed by atoms with Gasteiger partial charge in [0, 0.05) is 48.8 Å². The number of carbonyl (C=O) groups is 1. The van der Waals surface area contributed by atoms with Crippen molar-refractivity contribution >= 4 is 5.91 Å². The molecule has 1 amide bonds. The van der Waals surface area contributed by atoms with Gasteiger partial charge in [0.2, 0.25) is 5.91 Å². The maximum Gasteiger partial charge on any atom is 0.224 e. The van der Waals surface area contributed by atoms with Gasteiger partial charge in [-0.15, -0.1) is 0 Å².